The van der Waals surface area contributed by atoms with Gasteiger partial charge in [-0.05, 0) is 73.0 Å². The smallest absolute Gasteiger partial charge is 0.258 e. The number of hydrogen-bond acceptors (Lipinski definition) is 4. The van der Waals surface area contributed by atoms with Gasteiger partial charge >= 0.3 is 0 Å². The molecule has 32 heavy (non-hydrogen) atoms. The number of hydrogen-bond donors (Lipinski definition) is 1. The predicted octanol–water partition coefficient (Wildman–Crippen LogP) is 4.69. The van der Waals surface area contributed by atoms with E-state index in [1.54, 1.807) is 42.3 Å². The quantitative estimate of drug-likeness (QED) is 0.633. The lowest BCUT2D eigenvalue weighted by Crippen LogP contribution is -2.35. The van der Waals surface area contributed by atoms with Gasteiger partial charge in [0.1, 0.15) is 17.3 Å². The van der Waals surface area contributed by atoms with E-state index in [0.717, 1.165) is 24.1 Å². The number of ether oxygens (including phenoxy) is 2. The van der Waals surface area contributed by atoms with Crippen LogP contribution in [-0.4, -0.2) is 32.6 Å². The summed E-state index contributed by atoms with van der Waals surface area (Å²) < 4.78 is 23.7. The Bertz CT molecular complexity index is 1160. The fraction of sp³-hybridized carbons (Fsp3) is 0.200. The van der Waals surface area contributed by atoms with E-state index in [9.17, 15) is 14.0 Å². The molecule has 6 nitrogen and oxygen atoms in total. The van der Waals surface area contributed by atoms with Crippen molar-refractivity contribution in [3.8, 4) is 11.5 Å². The first-order valence-corrected chi connectivity index (χ1v) is 10.2. The molecule has 1 aliphatic heterocycles. The zero-order chi connectivity index (χ0) is 22.7. The van der Waals surface area contributed by atoms with Crippen molar-refractivity contribution in [2.45, 2.75) is 12.8 Å². The molecule has 1 N–H and O–H groups in total. The highest BCUT2D eigenvalue weighted by atomic mass is 19.1. The fourth-order valence-corrected chi connectivity index (χ4v) is 3.79. The molecule has 3 aromatic rings. The van der Waals surface area contributed by atoms with Gasteiger partial charge in [-0.1, -0.05) is 0 Å². The molecule has 0 fully saturated rings. The lowest BCUT2D eigenvalue weighted by Gasteiger charge is -2.30. The lowest BCUT2D eigenvalue weighted by molar-refractivity contribution is 0.0984. The van der Waals surface area contributed by atoms with Crippen LogP contribution in [0.25, 0.3) is 0 Å². The summed E-state index contributed by atoms with van der Waals surface area (Å²) in [6.07, 6.45) is 1.53. The van der Waals surface area contributed by atoms with Crippen LogP contribution in [0, 0.1) is 5.82 Å². The number of carbonyl (C=O) groups excluding carboxylic acids is 2. The van der Waals surface area contributed by atoms with E-state index in [0.29, 0.717) is 34.9 Å². The molecule has 0 saturated heterocycles. The van der Waals surface area contributed by atoms with E-state index in [1.807, 2.05) is 6.07 Å². The van der Waals surface area contributed by atoms with Gasteiger partial charge in [0, 0.05) is 29.4 Å². The number of nitrogens with zero attached hydrogens (tertiary/aromatic N) is 1. The van der Waals surface area contributed by atoms with E-state index in [1.165, 1.54) is 31.4 Å². The number of carbonyl (C=O) groups is 2. The summed E-state index contributed by atoms with van der Waals surface area (Å²) in [6, 6.07) is 16.0. The topological polar surface area (TPSA) is 67.9 Å². The summed E-state index contributed by atoms with van der Waals surface area (Å²) in [6.45, 7) is 0.567. The number of benzene rings is 3. The number of anilines is 2. The molecule has 7 heteroatoms. The monoisotopic (exact) mass is 434 g/mol. The summed E-state index contributed by atoms with van der Waals surface area (Å²) in [5.74, 6) is 0.264. The van der Waals surface area contributed by atoms with Gasteiger partial charge in [-0.15, -0.1) is 0 Å². The van der Waals surface area contributed by atoms with Crippen LogP contribution >= 0.6 is 0 Å². The highest BCUT2D eigenvalue weighted by Crippen LogP contribution is 2.32. The Kier molecular flexibility index (Phi) is 6.07. The average Bonchev–Trinajstić information content (AvgIpc) is 2.83. The standard InChI is InChI=1S/C25H23FN2O4/c1-31-20-10-11-21(23(15-20)32-2)27-24(29)18-7-12-22-17(14-18)4-3-13-28(22)25(30)16-5-8-19(26)9-6-16/h5-12,14-15H,3-4,13H2,1-2H3,(H,27,29). The van der Waals surface area contributed by atoms with Crippen LogP contribution in [-0.2, 0) is 6.42 Å². The number of rotatable bonds is 5. The lowest BCUT2D eigenvalue weighted by atomic mass is 9.98. The minimum Gasteiger partial charge on any atom is -0.497 e. The predicted molar refractivity (Wildman–Crippen MR) is 120 cm³/mol. The van der Waals surface area contributed by atoms with Gasteiger partial charge in [-0.3, -0.25) is 9.59 Å². The van der Waals surface area contributed by atoms with Crippen LogP contribution < -0.4 is 19.7 Å². The molecule has 0 bridgehead atoms. The third-order valence-electron chi connectivity index (χ3n) is 5.45. The minimum absolute atomic E-state index is 0.189. The number of methoxy groups -OCH3 is 2. The Labute approximate surface area is 185 Å². The van der Waals surface area contributed by atoms with Crippen molar-refractivity contribution in [3.63, 3.8) is 0 Å². The number of aryl methyl sites for hydroxylation is 1. The van der Waals surface area contributed by atoms with Crippen LogP contribution in [0.5, 0.6) is 11.5 Å². The molecule has 0 atom stereocenters. The van der Waals surface area contributed by atoms with Crippen molar-refractivity contribution in [2.75, 3.05) is 31.0 Å². The molecule has 0 saturated carbocycles. The molecule has 0 spiro atoms. The number of fused-ring (bicyclic) bond motifs is 1. The van der Waals surface area contributed by atoms with Gasteiger partial charge in [-0.25, -0.2) is 4.39 Å². The summed E-state index contributed by atoms with van der Waals surface area (Å²) in [5.41, 5.74) is 3.12. The Morgan fingerprint density at radius 1 is 0.938 bits per heavy atom. The molecule has 164 valence electrons. The van der Waals surface area contributed by atoms with Crippen molar-refractivity contribution in [1.29, 1.82) is 0 Å². The molecule has 0 unspecified atom stereocenters. The van der Waals surface area contributed by atoms with Gasteiger partial charge in [0.25, 0.3) is 11.8 Å². The summed E-state index contributed by atoms with van der Waals surface area (Å²) in [5, 5.41) is 2.87. The second kappa shape index (κ2) is 9.09. The zero-order valence-corrected chi connectivity index (χ0v) is 17.9. The normalized spacial score (nSPS) is 12.7. The van der Waals surface area contributed by atoms with Gasteiger partial charge in [0.05, 0.1) is 19.9 Å². The van der Waals surface area contributed by atoms with Gasteiger partial charge in [0.15, 0.2) is 0 Å². The molecular formula is C25H23FN2O4. The molecule has 2 amide bonds. The molecule has 3 aromatic carbocycles. The second-order valence-electron chi connectivity index (χ2n) is 7.43. The fourth-order valence-electron chi connectivity index (χ4n) is 3.79. The maximum Gasteiger partial charge on any atom is 0.258 e. The van der Waals surface area contributed by atoms with Gasteiger partial charge in [-0.2, -0.15) is 0 Å². The average molecular weight is 434 g/mol. The van der Waals surface area contributed by atoms with E-state index >= 15 is 0 Å². The van der Waals surface area contributed by atoms with Gasteiger partial charge in [0.2, 0.25) is 0 Å². The van der Waals surface area contributed by atoms with E-state index in [-0.39, 0.29) is 17.6 Å². The third-order valence-corrected chi connectivity index (χ3v) is 5.45. The van der Waals surface area contributed by atoms with Crippen LogP contribution in [0.4, 0.5) is 15.8 Å². The summed E-state index contributed by atoms with van der Waals surface area (Å²) in [4.78, 5) is 27.5. The molecule has 0 radical (unpaired) electrons. The van der Waals surface area contributed by atoms with Crippen molar-refractivity contribution < 1.29 is 23.5 Å². The summed E-state index contributed by atoms with van der Waals surface area (Å²) >= 11 is 0. The third kappa shape index (κ3) is 4.27. The summed E-state index contributed by atoms with van der Waals surface area (Å²) in [7, 11) is 3.08. The van der Waals surface area contributed by atoms with Gasteiger partial charge < -0.3 is 19.7 Å². The maximum atomic E-state index is 13.2. The van der Waals surface area contributed by atoms with Crippen LogP contribution in [0.2, 0.25) is 0 Å². The minimum atomic E-state index is -0.385. The number of halogens is 1. The SMILES string of the molecule is COc1ccc(NC(=O)c2ccc3c(c2)CCCN3C(=O)c2ccc(F)cc2)c(OC)c1. The molecule has 1 aliphatic rings. The maximum absolute atomic E-state index is 13.2. The second-order valence-corrected chi connectivity index (χ2v) is 7.43. The van der Waals surface area contributed by atoms with Crippen molar-refractivity contribution in [1.82, 2.24) is 0 Å². The first kappa shape index (κ1) is 21.4. The number of amides is 2. The Morgan fingerprint density at radius 2 is 1.69 bits per heavy atom. The van der Waals surface area contributed by atoms with E-state index in [4.69, 9.17) is 9.47 Å². The molecule has 4 rings (SSSR count). The first-order chi connectivity index (χ1) is 15.5. The highest BCUT2D eigenvalue weighted by Gasteiger charge is 2.24. The van der Waals surface area contributed by atoms with Crippen molar-refractivity contribution in [2.24, 2.45) is 0 Å². The Morgan fingerprint density at radius 3 is 2.41 bits per heavy atom. The number of nitrogens with one attached hydrogen (secondary N) is 1. The molecular weight excluding hydrogens is 411 g/mol. The van der Waals surface area contributed by atoms with Crippen LogP contribution in [0.1, 0.15) is 32.7 Å². The van der Waals surface area contributed by atoms with Crippen LogP contribution in [0.3, 0.4) is 0 Å². The van der Waals surface area contributed by atoms with Crippen LogP contribution in [0.15, 0.2) is 60.7 Å². The molecule has 1 heterocycles. The molecule has 0 aliphatic carbocycles. The van der Waals surface area contributed by atoms with E-state index < -0.39 is 0 Å². The largest absolute Gasteiger partial charge is 0.497 e. The van der Waals surface area contributed by atoms with E-state index in [2.05, 4.69) is 5.32 Å². The Balaban J connectivity index is 1.56. The zero-order valence-electron chi connectivity index (χ0n) is 17.9. The van der Waals surface area contributed by atoms with Crippen molar-refractivity contribution in [3.05, 3.63) is 83.2 Å². The molecule has 0 aromatic heterocycles. The van der Waals surface area contributed by atoms with Crippen molar-refractivity contribution >= 4 is 23.2 Å². The first-order valence-electron chi connectivity index (χ1n) is 10.2. The highest BCUT2D eigenvalue weighted by molar-refractivity contribution is 6.08. The Hall–Kier alpha value is -3.87.